The number of carbonyl (C=O) groups excluding carboxylic acids is 1. The fourth-order valence-corrected chi connectivity index (χ4v) is 3.83. The molecule has 0 spiro atoms. The molecular formula is C21H23FN2O. The highest BCUT2D eigenvalue weighted by molar-refractivity contribution is 5.83. The smallest absolute Gasteiger partial charge is 0.223 e. The highest BCUT2D eigenvalue weighted by Crippen LogP contribution is 2.48. The summed E-state index contributed by atoms with van der Waals surface area (Å²) < 4.78 is 13.8. The number of para-hydroxylation sites is 1. The van der Waals surface area contributed by atoms with Gasteiger partial charge in [-0.1, -0.05) is 36.4 Å². The van der Waals surface area contributed by atoms with Gasteiger partial charge in [0.05, 0.1) is 0 Å². The molecule has 2 fully saturated rings. The lowest BCUT2D eigenvalue weighted by Gasteiger charge is -2.34. The number of anilines is 1. The van der Waals surface area contributed by atoms with Crippen molar-refractivity contribution in [3.8, 4) is 0 Å². The van der Waals surface area contributed by atoms with Gasteiger partial charge in [-0.25, -0.2) is 4.39 Å². The molecule has 2 atom stereocenters. The van der Waals surface area contributed by atoms with Gasteiger partial charge < -0.3 is 10.2 Å². The van der Waals surface area contributed by atoms with Gasteiger partial charge in [0.1, 0.15) is 5.82 Å². The number of nitrogens with zero attached hydrogens (tertiary/aromatic N) is 1. The first-order valence-electron chi connectivity index (χ1n) is 9.07. The van der Waals surface area contributed by atoms with E-state index < -0.39 is 0 Å². The average molecular weight is 338 g/mol. The molecule has 1 heterocycles. The van der Waals surface area contributed by atoms with Crippen LogP contribution in [0.2, 0.25) is 0 Å². The van der Waals surface area contributed by atoms with Crippen LogP contribution in [0.3, 0.4) is 0 Å². The second-order valence-corrected chi connectivity index (χ2v) is 7.08. The summed E-state index contributed by atoms with van der Waals surface area (Å²) in [7, 11) is 0. The zero-order valence-electron chi connectivity index (χ0n) is 14.2. The Hall–Kier alpha value is -2.36. The molecule has 1 saturated heterocycles. The van der Waals surface area contributed by atoms with Crippen molar-refractivity contribution in [3.63, 3.8) is 0 Å². The first kappa shape index (κ1) is 16.1. The number of rotatable bonds is 4. The van der Waals surface area contributed by atoms with Gasteiger partial charge in [0, 0.05) is 30.7 Å². The van der Waals surface area contributed by atoms with Crippen LogP contribution in [0.1, 0.15) is 30.7 Å². The largest absolute Gasteiger partial charge is 0.371 e. The minimum atomic E-state index is -0.195. The summed E-state index contributed by atoms with van der Waals surface area (Å²) in [6.07, 6.45) is 2.67. The number of halogens is 1. The molecule has 0 bridgehead atoms. The number of hydrogen-bond acceptors (Lipinski definition) is 2. The lowest BCUT2D eigenvalue weighted by molar-refractivity contribution is -0.123. The molecule has 1 N–H and O–H groups in total. The van der Waals surface area contributed by atoms with Crippen molar-refractivity contribution in [1.29, 1.82) is 0 Å². The van der Waals surface area contributed by atoms with Crippen molar-refractivity contribution in [2.45, 2.75) is 31.2 Å². The second kappa shape index (κ2) is 6.87. The average Bonchev–Trinajstić information content (AvgIpc) is 3.44. The van der Waals surface area contributed by atoms with Gasteiger partial charge in [-0.15, -0.1) is 0 Å². The van der Waals surface area contributed by atoms with Crippen LogP contribution in [0, 0.1) is 11.7 Å². The highest BCUT2D eigenvalue weighted by atomic mass is 19.1. The molecule has 0 radical (unpaired) electrons. The molecule has 2 aromatic carbocycles. The van der Waals surface area contributed by atoms with Crippen LogP contribution in [0.4, 0.5) is 10.1 Å². The third-order valence-corrected chi connectivity index (χ3v) is 5.39. The maximum absolute atomic E-state index is 13.8. The monoisotopic (exact) mass is 338 g/mol. The zero-order valence-corrected chi connectivity index (χ0v) is 14.2. The van der Waals surface area contributed by atoms with E-state index in [4.69, 9.17) is 0 Å². The molecular weight excluding hydrogens is 315 g/mol. The Morgan fingerprint density at radius 3 is 2.40 bits per heavy atom. The quantitative estimate of drug-likeness (QED) is 0.922. The van der Waals surface area contributed by atoms with Crippen molar-refractivity contribution in [2.75, 3.05) is 18.0 Å². The fourth-order valence-electron chi connectivity index (χ4n) is 3.83. The number of benzene rings is 2. The SMILES string of the molecule is O=C(NC1CCN(c2ccccc2)CC1)C1CC1c1ccccc1F. The van der Waals surface area contributed by atoms with Crippen LogP contribution >= 0.6 is 0 Å². The van der Waals surface area contributed by atoms with Gasteiger partial charge in [-0.3, -0.25) is 4.79 Å². The van der Waals surface area contributed by atoms with Crippen molar-refractivity contribution in [1.82, 2.24) is 5.32 Å². The Morgan fingerprint density at radius 2 is 1.68 bits per heavy atom. The molecule has 25 heavy (non-hydrogen) atoms. The standard InChI is InChI=1S/C21H23FN2O/c22-20-9-5-4-8-17(20)18-14-19(18)21(25)23-15-10-12-24(13-11-15)16-6-2-1-3-7-16/h1-9,15,18-19H,10-14H2,(H,23,25). The van der Waals surface area contributed by atoms with E-state index >= 15 is 0 Å². The maximum Gasteiger partial charge on any atom is 0.223 e. The van der Waals surface area contributed by atoms with Crippen LogP contribution in [-0.4, -0.2) is 25.0 Å². The lowest BCUT2D eigenvalue weighted by atomic mass is 10.0. The molecule has 3 nitrogen and oxygen atoms in total. The van der Waals surface area contributed by atoms with Gasteiger partial charge in [0.25, 0.3) is 0 Å². The molecule has 4 heteroatoms. The van der Waals surface area contributed by atoms with Crippen molar-refractivity contribution >= 4 is 11.6 Å². The number of hydrogen-bond donors (Lipinski definition) is 1. The first-order valence-corrected chi connectivity index (χ1v) is 9.07. The van der Waals surface area contributed by atoms with Gasteiger partial charge in [-0.2, -0.15) is 0 Å². The highest BCUT2D eigenvalue weighted by Gasteiger charge is 2.45. The number of piperidine rings is 1. The van der Waals surface area contributed by atoms with Crippen LogP contribution in [-0.2, 0) is 4.79 Å². The van der Waals surface area contributed by atoms with E-state index in [0.29, 0.717) is 5.56 Å². The third kappa shape index (κ3) is 3.53. The summed E-state index contributed by atoms with van der Waals surface area (Å²) in [4.78, 5) is 14.8. The van der Waals surface area contributed by atoms with Crippen molar-refractivity contribution in [3.05, 3.63) is 66.0 Å². The maximum atomic E-state index is 13.8. The summed E-state index contributed by atoms with van der Waals surface area (Å²) in [5.74, 6) is -0.125. The Labute approximate surface area is 147 Å². The molecule has 0 aromatic heterocycles. The van der Waals surface area contributed by atoms with E-state index in [1.54, 1.807) is 12.1 Å². The van der Waals surface area contributed by atoms with E-state index in [0.717, 1.165) is 32.4 Å². The van der Waals surface area contributed by atoms with Crippen molar-refractivity contribution in [2.24, 2.45) is 5.92 Å². The predicted octanol–water partition coefficient (Wildman–Crippen LogP) is 3.71. The number of carbonyl (C=O) groups is 1. The fraction of sp³-hybridized carbons (Fsp3) is 0.381. The van der Waals surface area contributed by atoms with Crippen LogP contribution in [0.5, 0.6) is 0 Å². The summed E-state index contributed by atoms with van der Waals surface area (Å²) in [6.45, 7) is 1.91. The molecule has 130 valence electrons. The molecule has 2 aliphatic rings. The minimum absolute atomic E-state index is 0.0469. The molecule has 1 saturated carbocycles. The number of amides is 1. The van der Waals surface area contributed by atoms with E-state index in [2.05, 4.69) is 34.5 Å². The molecule has 4 rings (SSSR count). The summed E-state index contributed by atoms with van der Waals surface area (Å²) in [5, 5.41) is 3.18. The van der Waals surface area contributed by atoms with E-state index in [1.807, 2.05) is 12.1 Å². The van der Waals surface area contributed by atoms with Gasteiger partial charge in [0.2, 0.25) is 5.91 Å². The predicted molar refractivity (Wildman–Crippen MR) is 97.1 cm³/mol. The summed E-state index contributed by atoms with van der Waals surface area (Å²) in [6, 6.07) is 17.4. The number of nitrogens with one attached hydrogen (secondary N) is 1. The third-order valence-electron chi connectivity index (χ3n) is 5.39. The molecule has 2 unspecified atom stereocenters. The zero-order chi connectivity index (χ0) is 17.2. The lowest BCUT2D eigenvalue weighted by Crippen LogP contribution is -2.45. The van der Waals surface area contributed by atoms with E-state index in [-0.39, 0.29) is 29.6 Å². The Morgan fingerprint density at radius 1 is 1.00 bits per heavy atom. The van der Waals surface area contributed by atoms with E-state index in [1.165, 1.54) is 11.8 Å². The topological polar surface area (TPSA) is 32.3 Å². The van der Waals surface area contributed by atoms with Gasteiger partial charge in [0.15, 0.2) is 0 Å². The van der Waals surface area contributed by atoms with Gasteiger partial charge >= 0.3 is 0 Å². The van der Waals surface area contributed by atoms with Crippen LogP contribution in [0.25, 0.3) is 0 Å². The Balaban J connectivity index is 1.28. The molecule has 2 aromatic rings. The molecule has 1 aliphatic heterocycles. The molecule has 1 amide bonds. The van der Waals surface area contributed by atoms with E-state index in [9.17, 15) is 9.18 Å². The first-order chi connectivity index (χ1) is 12.2. The van der Waals surface area contributed by atoms with Gasteiger partial charge in [-0.05, 0) is 48.9 Å². The summed E-state index contributed by atoms with van der Waals surface area (Å²) >= 11 is 0. The van der Waals surface area contributed by atoms with Crippen LogP contribution < -0.4 is 10.2 Å². The van der Waals surface area contributed by atoms with Crippen LogP contribution in [0.15, 0.2) is 54.6 Å². The Kier molecular flexibility index (Phi) is 4.43. The summed E-state index contributed by atoms with van der Waals surface area (Å²) in [5.41, 5.74) is 1.93. The Bertz CT molecular complexity index is 741. The second-order valence-electron chi connectivity index (χ2n) is 7.08. The normalized spacial score (nSPS) is 23.3. The minimum Gasteiger partial charge on any atom is -0.371 e. The molecule has 1 aliphatic carbocycles. The van der Waals surface area contributed by atoms with Crippen molar-refractivity contribution < 1.29 is 9.18 Å².